The fraction of sp³-hybridized carbons (Fsp3) is 0.917. The molecule has 1 aliphatic rings. The molecule has 106 valence electrons. The molecule has 1 fully saturated rings. The molecule has 18 heavy (non-hydrogen) atoms. The largest absolute Gasteiger partial charge is 0.389 e. The SMILES string of the molecule is CC(C)CC1CSC(=NCCCCC(F)(F)F)N1. The summed E-state index contributed by atoms with van der Waals surface area (Å²) in [5.41, 5.74) is 0. The van der Waals surface area contributed by atoms with Crippen molar-refractivity contribution >= 4 is 16.9 Å². The molecule has 1 aliphatic heterocycles. The lowest BCUT2D eigenvalue weighted by atomic mass is 10.1. The number of rotatable bonds is 6. The molecule has 0 saturated carbocycles. The first-order chi connectivity index (χ1) is 8.37. The van der Waals surface area contributed by atoms with E-state index < -0.39 is 12.6 Å². The average Bonchev–Trinajstić information content (AvgIpc) is 2.62. The normalized spacial score (nSPS) is 22.8. The summed E-state index contributed by atoms with van der Waals surface area (Å²) < 4.78 is 35.7. The molecule has 2 nitrogen and oxygen atoms in total. The Kier molecular flexibility index (Phi) is 6.32. The van der Waals surface area contributed by atoms with Crippen molar-refractivity contribution in [2.45, 2.75) is 51.7 Å². The number of hydrogen-bond donors (Lipinski definition) is 1. The van der Waals surface area contributed by atoms with Gasteiger partial charge in [0, 0.05) is 24.8 Å². The van der Waals surface area contributed by atoms with Gasteiger partial charge in [-0.15, -0.1) is 0 Å². The number of alkyl halides is 3. The van der Waals surface area contributed by atoms with E-state index in [9.17, 15) is 13.2 Å². The van der Waals surface area contributed by atoms with Gasteiger partial charge in [-0.1, -0.05) is 25.6 Å². The molecule has 1 rings (SSSR count). The molecular formula is C12H21F3N2S. The quantitative estimate of drug-likeness (QED) is 0.749. The van der Waals surface area contributed by atoms with Crippen molar-refractivity contribution in [1.82, 2.24) is 5.32 Å². The van der Waals surface area contributed by atoms with Crippen LogP contribution in [0, 0.1) is 5.92 Å². The van der Waals surface area contributed by atoms with Crippen LogP contribution >= 0.6 is 11.8 Å². The van der Waals surface area contributed by atoms with Crippen molar-refractivity contribution in [3.05, 3.63) is 0 Å². The molecular weight excluding hydrogens is 261 g/mol. The van der Waals surface area contributed by atoms with Gasteiger partial charge in [0.05, 0.1) is 0 Å². The lowest BCUT2D eigenvalue weighted by molar-refractivity contribution is -0.135. The van der Waals surface area contributed by atoms with Crippen LogP contribution in [0.1, 0.15) is 39.5 Å². The van der Waals surface area contributed by atoms with E-state index in [1.165, 1.54) is 0 Å². The molecule has 0 amide bonds. The van der Waals surface area contributed by atoms with Gasteiger partial charge in [0.1, 0.15) is 0 Å². The maximum atomic E-state index is 11.9. The maximum absolute atomic E-state index is 11.9. The topological polar surface area (TPSA) is 24.4 Å². The Labute approximate surface area is 111 Å². The maximum Gasteiger partial charge on any atom is 0.389 e. The summed E-state index contributed by atoms with van der Waals surface area (Å²) in [6.07, 6.45) is -2.95. The Hall–Kier alpha value is -0.390. The highest BCUT2D eigenvalue weighted by Gasteiger charge is 2.25. The molecule has 0 aromatic carbocycles. The van der Waals surface area contributed by atoms with Crippen molar-refractivity contribution in [1.29, 1.82) is 0 Å². The third-order valence-corrected chi connectivity index (χ3v) is 3.72. The summed E-state index contributed by atoms with van der Waals surface area (Å²) in [4.78, 5) is 4.30. The van der Waals surface area contributed by atoms with Crippen LogP contribution in [0.25, 0.3) is 0 Å². The van der Waals surface area contributed by atoms with Crippen LogP contribution in [0.5, 0.6) is 0 Å². The third-order valence-electron chi connectivity index (χ3n) is 2.63. The van der Waals surface area contributed by atoms with E-state index in [0.29, 0.717) is 24.9 Å². The molecule has 6 heteroatoms. The third kappa shape index (κ3) is 7.13. The van der Waals surface area contributed by atoms with Crippen LogP contribution in [0.4, 0.5) is 13.2 Å². The standard InChI is InChI=1S/C12H21F3N2S/c1-9(2)7-10-8-18-11(17-10)16-6-4-3-5-12(13,14)15/h9-10H,3-8H2,1-2H3,(H,16,17). The molecule has 0 radical (unpaired) electrons. The van der Waals surface area contributed by atoms with Gasteiger partial charge >= 0.3 is 6.18 Å². The number of aliphatic imine (C=N–C) groups is 1. The predicted octanol–water partition coefficient (Wildman–Crippen LogP) is 3.83. The predicted molar refractivity (Wildman–Crippen MR) is 71.0 cm³/mol. The van der Waals surface area contributed by atoms with Crippen LogP contribution in [0.2, 0.25) is 0 Å². The van der Waals surface area contributed by atoms with Gasteiger partial charge in [0.2, 0.25) is 0 Å². The molecule has 1 unspecified atom stereocenters. The fourth-order valence-corrected chi connectivity index (χ4v) is 2.85. The summed E-state index contributed by atoms with van der Waals surface area (Å²) in [6, 6.07) is 0.462. The van der Waals surface area contributed by atoms with Crippen LogP contribution in [0.15, 0.2) is 4.99 Å². The zero-order chi connectivity index (χ0) is 13.6. The molecule has 0 spiro atoms. The van der Waals surface area contributed by atoms with Crippen LogP contribution in [0.3, 0.4) is 0 Å². The van der Waals surface area contributed by atoms with Crippen molar-refractivity contribution in [2.24, 2.45) is 10.9 Å². The van der Waals surface area contributed by atoms with Gasteiger partial charge in [0.25, 0.3) is 0 Å². The Morgan fingerprint density at radius 3 is 2.72 bits per heavy atom. The van der Waals surface area contributed by atoms with Gasteiger partial charge < -0.3 is 5.32 Å². The molecule has 0 bridgehead atoms. The minimum atomic E-state index is -4.03. The molecule has 1 atom stereocenters. The highest BCUT2D eigenvalue weighted by molar-refractivity contribution is 8.14. The number of hydrogen-bond acceptors (Lipinski definition) is 2. The van der Waals surface area contributed by atoms with Crippen LogP contribution in [-0.4, -0.2) is 29.7 Å². The van der Waals surface area contributed by atoms with Gasteiger partial charge in [-0.05, 0) is 25.2 Å². The minimum absolute atomic E-state index is 0.167. The van der Waals surface area contributed by atoms with E-state index in [1.807, 2.05) is 0 Å². The smallest absolute Gasteiger partial charge is 0.361 e. The first-order valence-electron chi connectivity index (χ1n) is 6.37. The summed E-state index contributed by atoms with van der Waals surface area (Å²) in [5, 5.41) is 4.22. The summed E-state index contributed by atoms with van der Waals surface area (Å²) >= 11 is 1.67. The fourth-order valence-electron chi connectivity index (χ4n) is 1.84. The number of unbranched alkanes of at least 4 members (excludes halogenated alkanes) is 1. The second kappa shape index (κ2) is 7.26. The highest BCUT2D eigenvalue weighted by Crippen LogP contribution is 2.22. The van der Waals surface area contributed by atoms with Gasteiger partial charge in [-0.25, -0.2) is 0 Å². The minimum Gasteiger partial charge on any atom is -0.361 e. The molecule has 0 aliphatic carbocycles. The van der Waals surface area contributed by atoms with Crippen molar-refractivity contribution in [2.75, 3.05) is 12.3 Å². The number of amidine groups is 1. The van der Waals surface area contributed by atoms with E-state index in [0.717, 1.165) is 17.3 Å². The average molecular weight is 282 g/mol. The summed E-state index contributed by atoms with van der Waals surface area (Å²) in [6.45, 7) is 4.84. The molecule has 1 heterocycles. The van der Waals surface area contributed by atoms with Gasteiger partial charge in [0.15, 0.2) is 5.17 Å². The number of halogens is 3. The van der Waals surface area contributed by atoms with E-state index in [-0.39, 0.29) is 6.42 Å². The number of thioether (sulfide) groups is 1. The molecule has 0 aromatic heterocycles. The Morgan fingerprint density at radius 1 is 1.39 bits per heavy atom. The second-order valence-electron chi connectivity index (χ2n) is 5.04. The zero-order valence-electron chi connectivity index (χ0n) is 10.9. The van der Waals surface area contributed by atoms with Gasteiger partial charge in [-0.3, -0.25) is 4.99 Å². The van der Waals surface area contributed by atoms with Crippen LogP contribution < -0.4 is 5.32 Å². The van der Waals surface area contributed by atoms with E-state index in [4.69, 9.17) is 0 Å². The zero-order valence-corrected chi connectivity index (χ0v) is 11.7. The number of nitrogens with zero attached hydrogens (tertiary/aromatic N) is 1. The molecule has 1 saturated heterocycles. The first-order valence-corrected chi connectivity index (χ1v) is 7.36. The second-order valence-corrected chi connectivity index (χ2v) is 6.05. The van der Waals surface area contributed by atoms with E-state index in [1.54, 1.807) is 11.8 Å². The molecule has 0 aromatic rings. The van der Waals surface area contributed by atoms with Crippen molar-refractivity contribution in [3.8, 4) is 0 Å². The van der Waals surface area contributed by atoms with Crippen LogP contribution in [-0.2, 0) is 0 Å². The Bertz CT molecular complexity index is 277. The van der Waals surface area contributed by atoms with Crippen molar-refractivity contribution in [3.63, 3.8) is 0 Å². The Morgan fingerprint density at radius 2 is 2.11 bits per heavy atom. The van der Waals surface area contributed by atoms with E-state index >= 15 is 0 Å². The summed E-state index contributed by atoms with van der Waals surface area (Å²) in [7, 11) is 0. The Balaban J connectivity index is 2.13. The first kappa shape index (κ1) is 15.7. The highest BCUT2D eigenvalue weighted by atomic mass is 32.2. The van der Waals surface area contributed by atoms with Gasteiger partial charge in [-0.2, -0.15) is 13.2 Å². The van der Waals surface area contributed by atoms with Crippen molar-refractivity contribution < 1.29 is 13.2 Å². The molecule has 1 N–H and O–H groups in total. The lowest BCUT2D eigenvalue weighted by Gasteiger charge is -2.11. The van der Waals surface area contributed by atoms with E-state index in [2.05, 4.69) is 24.2 Å². The number of nitrogens with one attached hydrogen (secondary N) is 1. The summed E-state index contributed by atoms with van der Waals surface area (Å²) in [5.74, 6) is 1.66. The lowest BCUT2D eigenvalue weighted by Crippen LogP contribution is -2.28. The monoisotopic (exact) mass is 282 g/mol.